The predicted molar refractivity (Wildman–Crippen MR) is 55.1 cm³/mol. The van der Waals surface area contributed by atoms with E-state index in [1.165, 1.54) is 0 Å². The van der Waals surface area contributed by atoms with Crippen LogP contribution in [-0.4, -0.2) is 55.3 Å². The fourth-order valence-electron chi connectivity index (χ4n) is 1.41. The Morgan fingerprint density at radius 2 is 2.08 bits per heavy atom. The Bertz CT molecular complexity index is 153. The van der Waals surface area contributed by atoms with Gasteiger partial charge in [0.1, 0.15) is 13.3 Å². The van der Waals surface area contributed by atoms with Crippen LogP contribution in [-0.2, 0) is 0 Å². The molecule has 0 amide bonds. The molecule has 1 unspecified atom stereocenters. The van der Waals surface area contributed by atoms with Crippen LogP contribution in [0.1, 0.15) is 0 Å². The first kappa shape index (κ1) is 11.2. The van der Waals surface area contributed by atoms with Crippen LogP contribution in [0, 0.1) is 0 Å². The maximum absolute atomic E-state index is 12.3. The second-order valence-electron chi connectivity index (χ2n) is 3.59. The Morgan fingerprint density at radius 3 is 2.46 bits per heavy atom. The smallest absolute Gasteiger partial charge is 0.109 e. The molecule has 1 heterocycles. The van der Waals surface area contributed by atoms with Crippen LogP contribution in [0.3, 0.4) is 0 Å². The number of halogens is 2. The molecule has 1 rings (SSSR count). The lowest BCUT2D eigenvalue weighted by Gasteiger charge is -2.23. The van der Waals surface area contributed by atoms with Crippen molar-refractivity contribution in [1.82, 2.24) is 10.4 Å². The highest BCUT2D eigenvalue weighted by Crippen LogP contribution is 2.26. The summed E-state index contributed by atoms with van der Waals surface area (Å²) in [6.45, 7) is 0.440. The van der Waals surface area contributed by atoms with Gasteiger partial charge in [-0.2, -0.15) is 0 Å². The number of hydrazine groups is 1. The molecule has 5 heteroatoms. The molecule has 0 spiro atoms. The van der Waals surface area contributed by atoms with Crippen molar-refractivity contribution >= 4 is 10.9 Å². The number of thiol groups is 1. The summed E-state index contributed by atoms with van der Waals surface area (Å²) in [6, 6.07) is -0.583. The van der Waals surface area contributed by atoms with Gasteiger partial charge in [-0.25, -0.2) is 13.8 Å². The summed E-state index contributed by atoms with van der Waals surface area (Å²) >= 11 is 0. The molecule has 1 fully saturated rings. The zero-order valence-corrected chi connectivity index (χ0v) is 9.03. The highest BCUT2D eigenvalue weighted by molar-refractivity contribution is 8.16. The summed E-state index contributed by atoms with van der Waals surface area (Å²) in [6.07, 6.45) is 4.40. The average Bonchev–Trinajstić information content (AvgIpc) is 2.56. The third kappa shape index (κ3) is 2.79. The summed E-state index contributed by atoms with van der Waals surface area (Å²) in [4.78, 5) is 0. The van der Waals surface area contributed by atoms with Crippen LogP contribution in [0.5, 0.6) is 0 Å². The van der Waals surface area contributed by atoms with Gasteiger partial charge in [-0.3, -0.25) is 16.3 Å². The molecule has 0 radical (unpaired) electrons. The fourth-order valence-corrected chi connectivity index (χ4v) is 2.36. The van der Waals surface area contributed by atoms with Crippen molar-refractivity contribution < 1.29 is 8.78 Å². The number of nitrogens with zero attached hydrogens (tertiary/aromatic N) is 1. The Balaban J connectivity index is 2.39. The summed E-state index contributed by atoms with van der Waals surface area (Å²) < 4.78 is 24.6. The molecule has 13 heavy (non-hydrogen) atoms. The molecule has 80 valence electrons. The summed E-state index contributed by atoms with van der Waals surface area (Å²) in [5.41, 5.74) is 3.06. The maximum atomic E-state index is 12.3. The van der Waals surface area contributed by atoms with E-state index in [1.54, 1.807) is 5.01 Å². The van der Waals surface area contributed by atoms with E-state index in [4.69, 9.17) is 0 Å². The van der Waals surface area contributed by atoms with Crippen molar-refractivity contribution in [2.45, 2.75) is 11.3 Å². The van der Waals surface area contributed by atoms with Gasteiger partial charge in [0.05, 0.1) is 6.04 Å². The zero-order valence-electron chi connectivity index (χ0n) is 8.13. The van der Waals surface area contributed by atoms with Crippen molar-refractivity contribution in [3.05, 3.63) is 0 Å². The SMILES string of the molecule is C[SH](C)C1CNN(C(CF)CF)C1. The minimum Gasteiger partial charge on any atom is -0.254 e. The van der Waals surface area contributed by atoms with Gasteiger partial charge in [0.25, 0.3) is 0 Å². The first-order valence-corrected chi connectivity index (χ1v) is 6.78. The molecule has 2 nitrogen and oxygen atoms in total. The van der Waals surface area contributed by atoms with Crippen LogP contribution >= 0.6 is 10.9 Å². The summed E-state index contributed by atoms with van der Waals surface area (Å²) in [5, 5.41) is 2.29. The van der Waals surface area contributed by atoms with E-state index >= 15 is 0 Å². The number of rotatable bonds is 4. The number of alkyl halides is 2. The minimum absolute atomic E-state index is 0.0121. The van der Waals surface area contributed by atoms with E-state index in [9.17, 15) is 8.78 Å². The quantitative estimate of drug-likeness (QED) is 0.668. The van der Waals surface area contributed by atoms with Crippen LogP contribution in [0.25, 0.3) is 0 Å². The molecule has 1 saturated heterocycles. The first-order chi connectivity index (χ1) is 6.19. The molecule has 0 bridgehead atoms. The predicted octanol–water partition coefficient (Wildman–Crippen LogP) is 0.744. The molecule has 1 N–H and O–H groups in total. The van der Waals surface area contributed by atoms with Crippen molar-refractivity contribution in [3.63, 3.8) is 0 Å². The van der Waals surface area contributed by atoms with Crippen molar-refractivity contribution in [3.8, 4) is 0 Å². The highest BCUT2D eigenvalue weighted by Gasteiger charge is 2.28. The molecule has 0 aliphatic carbocycles. The van der Waals surface area contributed by atoms with Crippen molar-refractivity contribution in [2.24, 2.45) is 0 Å². The van der Waals surface area contributed by atoms with Crippen LogP contribution in [0.2, 0.25) is 0 Å². The van der Waals surface area contributed by atoms with E-state index in [-0.39, 0.29) is 10.9 Å². The van der Waals surface area contributed by atoms with Gasteiger partial charge in [-0.1, -0.05) is 0 Å². The van der Waals surface area contributed by atoms with Gasteiger partial charge in [0.2, 0.25) is 0 Å². The number of hydrogen-bond acceptors (Lipinski definition) is 2. The van der Waals surface area contributed by atoms with E-state index in [2.05, 4.69) is 17.9 Å². The van der Waals surface area contributed by atoms with Gasteiger partial charge in [-0.05, 0) is 12.5 Å². The van der Waals surface area contributed by atoms with Gasteiger partial charge in [0.15, 0.2) is 0 Å². The Hall–Kier alpha value is 0.130. The highest BCUT2D eigenvalue weighted by atomic mass is 32.2. The molecule has 1 aliphatic rings. The first-order valence-electron chi connectivity index (χ1n) is 4.47. The lowest BCUT2D eigenvalue weighted by atomic mass is 10.3. The molecule has 1 atom stereocenters. The lowest BCUT2D eigenvalue weighted by Crippen LogP contribution is -2.43. The molecule has 0 saturated carbocycles. The van der Waals surface area contributed by atoms with E-state index < -0.39 is 19.4 Å². The standard InChI is InChI=1S/C8H18F2N2S/c1-13(2)8-5-11-12(6-8)7(3-9)4-10/h7-8,11,13H,3-6H2,1-2H3. The average molecular weight is 212 g/mol. The zero-order chi connectivity index (χ0) is 9.84. The molecular weight excluding hydrogens is 194 g/mol. The molecule has 0 aromatic carbocycles. The fraction of sp³-hybridized carbons (Fsp3) is 1.00. The third-order valence-electron chi connectivity index (χ3n) is 2.46. The molecule has 1 aliphatic heterocycles. The van der Waals surface area contributed by atoms with E-state index in [0.29, 0.717) is 5.25 Å². The minimum atomic E-state index is -0.610. The van der Waals surface area contributed by atoms with E-state index in [0.717, 1.165) is 13.1 Å². The molecular formula is C8H18F2N2S. The Kier molecular flexibility index (Phi) is 4.41. The normalized spacial score (nSPS) is 25.6. The van der Waals surface area contributed by atoms with Crippen LogP contribution in [0.15, 0.2) is 0 Å². The number of nitrogens with one attached hydrogen (secondary N) is 1. The largest absolute Gasteiger partial charge is 0.254 e. The Morgan fingerprint density at radius 1 is 1.46 bits per heavy atom. The third-order valence-corrected chi connectivity index (χ3v) is 4.27. The molecule has 0 aromatic heterocycles. The van der Waals surface area contributed by atoms with E-state index in [1.807, 2.05) is 0 Å². The lowest BCUT2D eigenvalue weighted by molar-refractivity contribution is 0.121. The topological polar surface area (TPSA) is 15.3 Å². The monoisotopic (exact) mass is 212 g/mol. The van der Waals surface area contributed by atoms with Gasteiger partial charge in [0, 0.05) is 18.3 Å². The van der Waals surface area contributed by atoms with Crippen LogP contribution < -0.4 is 5.43 Å². The number of hydrogen-bond donors (Lipinski definition) is 2. The Labute approximate surface area is 81.0 Å². The molecule has 0 aromatic rings. The second kappa shape index (κ2) is 5.12. The van der Waals surface area contributed by atoms with Crippen molar-refractivity contribution in [1.29, 1.82) is 0 Å². The van der Waals surface area contributed by atoms with Crippen LogP contribution in [0.4, 0.5) is 8.78 Å². The van der Waals surface area contributed by atoms with Gasteiger partial charge < -0.3 is 0 Å². The second-order valence-corrected chi connectivity index (χ2v) is 6.25. The van der Waals surface area contributed by atoms with Gasteiger partial charge >= 0.3 is 0 Å². The van der Waals surface area contributed by atoms with Gasteiger partial charge in [-0.15, -0.1) is 0 Å². The van der Waals surface area contributed by atoms with Crippen molar-refractivity contribution in [2.75, 3.05) is 39.0 Å². The summed E-state index contributed by atoms with van der Waals surface area (Å²) in [7, 11) is -0.0121. The summed E-state index contributed by atoms with van der Waals surface area (Å²) in [5.74, 6) is 0. The maximum Gasteiger partial charge on any atom is 0.109 e.